The Labute approximate surface area is 248 Å². The highest BCUT2D eigenvalue weighted by molar-refractivity contribution is 7.92. The summed E-state index contributed by atoms with van der Waals surface area (Å²) in [7, 11) is -2.17. The molecule has 0 aliphatic rings. The number of carbonyl (C=O) groups excluding carboxylic acids is 2. The standard InChI is InChI=1S/C32H40FN3O5S/c1-24(2)22-34-32(38)30(20-25-12-6-5-7-13-25)35(23-26-14-8-9-17-29(26)33)31(37)18-11-19-36(42(4,39)40)27-15-10-16-28(21-27)41-3/h5-10,12-17,21,24,30H,11,18-20,22-23H2,1-4H3,(H,34,38)/t30-/m1/s1. The number of ether oxygens (including phenoxy) is 1. The molecule has 3 rings (SSSR count). The number of sulfonamides is 1. The van der Waals surface area contributed by atoms with Crippen molar-refractivity contribution in [3.05, 3.63) is 95.8 Å². The van der Waals surface area contributed by atoms with Gasteiger partial charge in [0.2, 0.25) is 21.8 Å². The van der Waals surface area contributed by atoms with Gasteiger partial charge >= 0.3 is 0 Å². The molecular weight excluding hydrogens is 557 g/mol. The number of methoxy groups -OCH3 is 1. The van der Waals surface area contributed by atoms with Crippen molar-refractivity contribution in [2.24, 2.45) is 5.92 Å². The van der Waals surface area contributed by atoms with Crippen LogP contribution in [0.2, 0.25) is 0 Å². The number of halogens is 1. The summed E-state index contributed by atoms with van der Waals surface area (Å²) in [5, 5.41) is 2.94. The topological polar surface area (TPSA) is 96.0 Å². The average molecular weight is 598 g/mol. The van der Waals surface area contributed by atoms with Gasteiger partial charge in [0.15, 0.2) is 0 Å². The second kappa shape index (κ2) is 15.3. The highest BCUT2D eigenvalue weighted by Crippen LogP contribution is 2.24. The van der Waals surface area contributed by atoms with E-state index in [9.17, 15) is 22.4 Å². The van der Waals surface area contributed by atoms with Crippen LogP contribution in [0.1, 0.15) is 37.8 Å². The molecule has 0 aliphatic carbocycles. The van der Waals surface area contributed by atoms with Crippen molar-refractivity contribution in [1.82, 2.24) is 10.2 Å². The highest BCUT2D eigenvalue weighted by atomic mass is 32.2. The minimum atomic E-state index is -3.66. The predicted molar refractivity (Wildman–Crippen MR) is 163 cm³/mol. The van der Waals surface area contributed by atoms with Gasteiger partial charge in [0.05, 0.1) is 19.1 Å². The largest absolute Gasteiger partial charge is 0.497 e. The maximum absolute atomic E-state index is 14.8. The van der Waals surface area contributed by atoms with E-state index in [4.69, 9.17) is 4.74 Å². The molecule has 10 heteroatoms. The van der Waals surface area contributed by atoms with Crippen molar-refractivity contribution in [3.8, 4) is 5.75 Å². The van der Waals surface area contributed by atoms with Crippen molar-refractivity contribution in [3.63, 3.8) is 0 Å². The molecular formula is C32H40FN3O5S. The Bertz CT molecular complexity index is 1430. The van der Waals surface area contributed by atoms with Gasteiger partial charge in [0, 0.05) is 44.1 Å². The van der Waals surface area contributed by atoms with E-state index in [0.717, 1.165) is 11.8 Å². The molecule has 0 spiro atoms. The monoisotopic (exact) mass is 597 g/mol. The fraction of sp³-hybridized carbons (Fsp3) is 0.375. The first-order valence-corrected chi connectivity index (χ1v) is 15.8. The molecule has 42 heavy (non-hydrogen) atoms. The Balaban J connectivity index is 1.89. The van der Waals surface area contributed by atoms with E-state index >= 15 is 0 Å². The van der Waals surface area contributed by atoms with Crippen LogP contribution >= 0.6 is 0 Å². The van der Waals surface area contributed by atoms with Crippen LogP contribution in [0.25, 0.3) is 0 Å². The van der Waals surface area contributed by atoms with Crippen molar-refractivity contribution in [2.45, 2.75) is 45.7 Å². The second-order valence-electron chi connectivity index (χ2n) is 10.6. The summed E-state index contributed by atoms with van der Waals surface area (Å²) in [4.78, 5) is 28.8. The molecule has 0 bridgehead atoms. The summed E-state index contributed by atoms with van der Waals surface area (Å²) < 4.78 is 46.5. The van der Waals surface area contributed by atoms with Crippen LogP contribution in [-0.4, -0.2) is 57.6 Å². The number of anilines is 1. The van der Waals surface area contributed by atoms with Crippen molar-refractivity contribution in [1.29, 1.82) is 0 Å². The van der Waals surface area contributed by atoms with E-state index in [1.807, 2.05) is 44.2 Å². The zero-order chi connectivity index (χ0) is 30.7. The van der Waals surface area contributed by atoms with Gasteiger partial charge in [0.1, 0.15) is 17.6 Å². The SMILES string of the molecule is COc1cccc(N(CCCC(=O)N(Cc2ccccc2F)[C@H](Cc2ccccc2)C(=O)NCC(C)C)S(C)(=O)=O)c1. The molecule has 2 amide bonds. The fourth-order valence-electron chi connectivity index (χ4n) is 4.56. The van der Waals surface area contributed by atoms with E-state index in [0.29, 0.717) is 18.0 Å². The molecule has 8 nitrogen and oxygen atoms in total. The third-order valence-electron chi connectivity index (χ3n) is 6.75. The normalized spacial score (nSPS) is 12.0. The van der Waals surface area contributed by atoms with E-state index < -0.39 is 21.9 Å². The third kappa shape index (κ3) is 9.58. The lowest BCUT2D eigenvalue weighted by Crippen LogP contribution is -2.51. The van der Waals surface area contributed by atoms with Crippen molar-refractivity contribution < 1.29 is 27.1 Å². The Morgan fingerprint density at radius 2 is 1.67 bits per heavy atom. The van der Waals surface area contributed by atoms with Gasteiger partial charge < -0.3 is 15.0 Å². The fourth-order valence-corrected chi connectivity index (χ4v) is 5.51. The minimum absolute atomic E-state index is 0.0359. The van der Waals surface area contributed by atoms with Gasteiger partial charge in [-0.1, -0.05) is 68.4 Å². The summed E-state index contributed by atoms with van der Waals surface area (Å²) in [6.45, 7) is 4.31. The van der Waals surface area contributed by atoms with Crippen molar-refractivity contribution >= 4 is 27.5 Å². The van der Waals surface area contributed by atoms with Crippen LogP contribution in [-0.2, 0) is 32.6 Å². The Morgan fingerprint density at radius 3 is 2.31 bits per heavy atom. The van der Waals surface area contributed by atoms with Gasteiger partial charge in [0.25, 0.3) is 0 Å². The summed E-state index contributed by atoms with van der Waals surface area (Å²) in [5.41, 5.74) is 1.56. The first-order chi connectivity index (χ1) is 20.0. The number of benzene rings is 3. The zero-order valence-electron chi connectivity index (χ0n) is 24.6. The first kappa shape index (κ1) is 32.6. The number of hydrogen-bond donors (Lipinski definition) is 1. The van der Waals surface area contributed by atoms with Gasteiger partial charge in [-0.15, -0.1) is 0 Å². The number of carbonyl (C=O) groups is 2. The van der Waals surface area contributed by atoms with Gasteiger partial charge in [-0.2, -0.15) is 0 Å². The molecule has 0 saturated heterocycles. The molecule has 226 valence electrons. The van der Waals surface area contributed by atoms with Crippen LogP contribution in [0.15, 0.2) is 78.9 Å². The maximum atomic E-state index is 14.8. The molecule has 0 heterocycles. The smallest absolute Gasteiger partial charge is 0.243 e. The average Bonchev–Trinajstić information content (AvgIpc) is 2.96. The third-order valence-corrected chi connectivity index (χ3v) is 7.94. The van der Waals surface area contributed by atoms with Crippen LogP contribution < -0.4 is 14.4 Å². The first-order valence-electron chi connectivity index (χ1n) is 14.0. The summed E-state index contributed by atoms with van der Waals surface area (Å²) in [5.74, 6) is -0.480. The van der Waals surface area contributed by atoms with Gasteiger partial charge in [-0.25, -0.2) is 12.8 Å². The Kier molecular flexibility index (Phi) is 11.9. The molecule has 0 saturated carbocycles. The molecule has 1 atom stereocenters. The number of amides is 2. The van der Waals surface area contributed by atoms with Crippen LogP contribution in [0.4, 0.5) is 10.1 Å². The van der Waals surface area contributed by atoms with Crippen LogP contribution in [0.5, 0.6) is 5.75 Å². The van der Waals surface area contributed by atoms with Gasteiger partial charge in [-0.05, 0) is 36.1 Å². The van der Waals surface area contributed by atoms with Crippen LogP contribution in [0, 0.1) is 11.7 Å². The molecule has 0 aromatic heterocycles. The van der Waals surface area contributed by atoms with Crippen molar-refractivity contribution in [2.75, 3.05) is 30.8 Å². The Morgan fingerprint density at radius 1 is 0.976 bits per heavy atom. The lowest BCUT2D eigenvalue weighted by Gasteiger charge is -2.32. The molecule has 0 unspecified atom stereocenters. The van der Waals surface area contributed by atoms with E-state index in [1.54, 1.807) is 42.5 Å². The van der Waals surface area contributed by atoms with E-state index in [1.165, 1.54) is 22.4 Å². The number of rotatable bonds is 15. The minimum Gasteiger partial charge on any atom is -0.497 e. The lowest BCUT2D eigenvalue weighted by atomic mass is 10.0. The van der Waals surface area contributed by atoms with Gasteiger partial charge in [-0.3, -0.25) is 13.9 Å². The summed E-state index contributed by atoms with van der Waals surface area (Å²) in [6, 6.07) is 21.3. The number of nitrogens with zero attached hydrogens (tertiary/aromatic N) is 2. The predicted octanol–water partition coefficient (Wildman–Crippen LogP) is 4.79. The number of hydrogen-bond acceptors (Lipinski definition) is 5. The summed E-state index contributed by atoms with van der Waals surface area (Å²) in [6.07, 6.45) is 1.48. The molecule has 3 aromatic carbocycles. The molecule has 0 aliphatic heterocycles. The van der Waals surface area contributed by atoms with E-state index in [2.05, 4.69) is 5.32 Å². The zero-order valence-corrected chi connectivity index (χ0v) is 25.4. The number of nitrogens with one attached hydrogen (secondary N) is 1. The Hall–Kier alpha value is -3.92. The highest BCUT2D eigenvalue weighted by Gasteiger charge is 2.31. The summed E-state index contributed by atoms with van der Waals surface area (Å²) >= 11 is 0. The molecule has 1 N–H and O–H groups in total. The molecule has 0 radical (unpaired) electrons. The van der Waals surface area contributed by atoms with Crippen LogP contribution in [0.3, 0.4) is 0 Å². The molecule has 0 fully saturated rings. The lowest BCUT2D eigenvalue weighted by molar-refractivity contribution is -0.141. The van der Waals surface area contributed by atoms with E-state index in [-0.39, 0.29) is 55.6 Å². The second-order valence-corrected chi connectivity index (χ2v) is 12.5. The molecule has 3 aromatic rings. The quantitative estimate of drug-likeness (QED) is 0.272. The maximum Gasteiger partial charge on any atom is 0.243 e.